The van der Waals surface area contributed by atoms with E-state index in [-0.39, 0.29) is 27.2 Å². The number of ether oxygens (including phenoxy) is 1. The second kappa shape index (κ2) is 6.07. The van der Waals surface area contributed by atoms with E-state index >= 15 is 0 Å². The minimum absolute atomic E-state index is 0.0897. The number of anilines is 2. The highest BCUT2D eigenvalue weighted by atomic mass is 35.5. The summed E-state index contributed by atoms with van der Waals surface area (Å²) in [6.07, 6.45) is 0. The maximum absolute atomic E-state index is 11.3. The predicted molar refractivity (Wildman–Crippen MR) is 90.9 cm³/mol. The van der Waals surface area contributed by atoms with Crippen molar-refractivity contribution in [2.45, 2.75) is 0 Å². The molecule has 0 saturated carbocycles. The van der Waals surface area contributed by atoms with E-state index in [1.165, 1.54) is 36.4 Å². The van der Waals surface area contributed by atoms with Crippen LogP contribution in [0.4, 0.5) is 11.4 Å². The number of nitrogens with one attached hydrogen (secondary N) is 1. The molecule has 6 nitrogen and oxygen atoms in total. The zero-order valence-electron chi connectivity index (χ0n) is 11.8. The van der Waals surface area contributed by atoms with E-state index in [4.69, 9.17) is 27.9 Å². The number of rotatable bonds is 4. The van der Waals surface area contributed by atoms with Crippen LogP contribution in [-0.4, -0.2) is 10.2 Å². The third kappa shape index (κ3) is 2.89. The Balaban J connectivity index is 1.87. The lowest BCUT2D eigenvalue weighted by Crippen LogP contribution is -2.32. The van der Waals surface area contributed by atoms with Crippen LogP contribution in [0, 0.1) is 0 Å². The van der Waals surface area contributed by atoms with E-state index in [2.05, 4.69) is 5.32 Å². The molecule has 0 heterocycles. The van der Waals surface area contributed by atoms with Crippen LogP contribution in [0.5, 0.6) is 23.0 Å². The fourth-order valence-electron chi connectivity index (χ4n) is 2.00. The zero-order valence-corrected chi connectivity index (χ0v) is 13.4. The lowest BCUT2D eigenvalue weighted by Gasteiger charge is -2.13. The van der Waals surface area contributed by atoms with Gasteiger partial charge in [0.15, 0.2) is 11.5 Å². The molecule has 0 aromatic heterocycles. The van der Waals surface area contributed by atoms with Gasteiger partial charge >= 0.3 is 0 Å². The summed E-state index contributed by atoms with van der Waals surface area (Å²) in [4.78, 5) is 22.3. The summed E-state index contributed by atoms with van der Waals surface area (Å²) >= 11 is 12.3. The van der Waals surface area contributed by atoms with Gasteiger partial charge in [-0.05, 0) is 36.4 Å². The first-order valence-electron chi connectivity index (χ1n) is 6.62. The van der Waals surface area contributed by atoms with Crippen molar-refractivity contribution < 1.29 is 14.9 Å². The Kier molecular flexibility index (Phi) is 4.09. The van der Waals surface area contributed by atoms with E-state index in [1.54, 1.807) is 0 Å². The summed E-state index contributed by atoms with van der Waals surface area (Å²) < 4.78 is 5.57. The van der Waals surface area contributed by atoms with Gasteiger partial charge in [0.2, 0.25) is 0 Å². The summed E-state index contributed by atoms with van der Waals surface area (Å²) in [7, 11) is 0. The SMILES string of the molecule is O=c1c(O)c(Nc2cc(Cl)c(Oc3ccc(O)cc3)c(Cl)c2)c1=O. The monoisotopic (exact) mass is 365 g/mol. The quantitative estimate of drug-likeness (QED) is 0.612. The Morgan fingerprint density at radius 3 is 2.04 bits per heavy atom. The largest absolute Gasteiger partial charge is 0.508 e. The zero-order chi connectivity index (χ0) is 17.4. The molecule has 3 N–H and O–H groups in total. The van der Waals surface area contributed by atoms with Crippen molar-refractivity contribution in [3.63, 3.8) is 0 Å². The Morgan fingerprint density at radius 2 is 1.50 bits per heavy atom. The summed E-state index contributed by atoms with van der Waals surface area (Å²) in [6, 6.07) is 8.83. The maximum Gasteiger partial charge on any atom is 0.271 e. The Bertz CT molecular complexity index is 968. The smallest absolute Gasteiger partial charge is 0.271 e. The Morgan fingerprint density at radius 1 is 0.917 bits per heavy atom. The van der Waals surface area contributed by atoms with E-state index in [0.29, 0.717) is 11.4 Å². The average molecular weight is 366 g/mol. The number of aromatic hydroxyl groups is 2. The van der Waals surface area contributed by atoms with Crippen LogP contribution in [-0.2, 0) is 0 Å². The minimum atomic E-state index is -0.943. The van der Waals surface area contributed by atoms with Gasteiger partial charge in [-0.2, -0.15) is 0 Å². The third-order valence-electron chi connectivity index (χ3n) is 3.21. The predicted octanol–water partition coefficient (Wildman–Crippen LogP) is 3.54. The van der Waals surface area contributed by atoms with E-state index in [1.807, 2.05) is 0 Å². The summed E-state index contributed by atoms with van der Waals surface area (Å²) in [5, 5.41) is 21.5. The van der Waals surface area contributed by atoms with Crippen LogP contribution in [0.15, 0.2) is 46.0 Å². The molecular weight excluding hydrogens is 357 g/mol. The lowest BCUT2D eigenvalue weighted by atomic mass is 10.2. The first-order valence-corrected chi connectivity index (χ1v) is 7.37. The molecule has 0 atom stereocenters. The fraction of sp³-hybridized carbons (Fsp3) is 0. The van der Waals surface area contributed by atoms with Crippen molar-refractivity contribution in [1.29, 1.82) is 0 Å². The molecule has 0 radical (unpaired) electrons. The van der Waals surface area contributed by atoms with Crippen LogP contribution in [0.1, 0.15) is 0 Å². The molecule has 0 aliphatic rings. The van der Waals surface area contributed by atoms with Crippen molar-refractivity contribution in [3.8, 4) is 23.0 Å². The number of benzene rings is 2. The van der Waals surface area contributed by atoms with Crippen LogP contribution in [0.2, 0.25) is 10.0 Å². The molecule has 3 rings (SSSR count). The number of phenolic OH excluding ortho intramolecular Hbond substituents is 1. The summed E-state index contributed by atoms with van der Waals surface area (Å²) in [5.41, 5.74) is -1.66. The molecule has 0 spiro atoms. The molecule has 3 aromatic rings. The standard InChI is InChI=1S/C16H9Cl2NO5/c17-10-5-7(19-12-13(21)15(23)14(12)22)6-11(18)16(10)24-9-3-1-8(20)2-4-9/h1-6,19-21H. The van der Waals surface area contributed by atoms with Gasteiger partial charge in [0.05, 0.1) is 10.0 Å². The van der Waals surface area contributed by atoms with Gasteiger partial charge in [-0.15, -0.1) is 0 Å². The molecular formula is C16H9Cl2NO5. The number of hydrogen-bond acceptors (Lipinski definition) is 6. The first-order chi connectivity index (χ1) is 11.4. The molecule has 3 aromatic carbocycles. The molecule has 0 fully saturated rings. The van der Waals surface area contributed by atoms with Crippen molar-refractivity contribution in [2.24, 2.45) is 0 Å². The molecule has 0 unspecified atom stereocenters. The van der Waals surface area contributed by atoms with Crippen molar-refractivity contribution >= 4 is 34.6 Å². The van der Waals surface area contributed by atoms with Gasteiger partial charge in [-0.3, -0.25) is 9.59 Å². The van der Waals surface area contributed by atoms with Gasteiger partial charge in [0.1, 0.15) is 17.2 Å². The maximum atomic E-state index is 11.3. The number of halogens is 2. The Labute approximate surface area is 145 Å². The highest BCUT2D eigenvalue weighted by Crippen LogP contribution is 2.39. The number of hydrogen-bond donors (Lipinski definition) is 3. The van der Waals surface area contributed by atoms with Crippen molar-refractivity contribution in [3.05, 3.63) is 66.9 Å². The highest BCUT2D eigenvalue weighted by Gasteiger charge is 2.21. The van der Waals surface area contributed by atoms with E-state index < -0.39 is 16.6 Å². The van der Waals surface area contributed by atoms with Gasteiger partial charge < -0.3 is 20.3 Å². The summed E-state index contributed by atoms with van der Waals surface area (Å²) in [5.74, 6) is 0.0600. The van der Waals surface area contributed by atoms with Crippen LogP contribution in [0.25, 0.3) is 0 Å². The molecule has 8 heteroatoms. The normalized spacial score (nSPS) is 10.8. The van der Waals surface area contributed by atoms with Gasteiger partial charge in [0.25, 0.3) is 10.9 Å². The molecule has 122 valence electrons. The Hall–Kier alpha value is -2.70. The minimum Gasteiger partial charge on any atom is -0.508 e. The fourth-order valence-corrected chi connectivity index (χ4v) is 2.57. The number of phenols is 1. The first kappa shape index (κ1) is 16.2. The highest BCUT2D eigenvalue weighted by molar-refractivity contribution is 6.37. The second-order valence-corrected chi connectivity index (χ2v) is 5.69. The van der Waals surface area contributed by atoms with Crippen LogP contribution < -0.4 is 20.9 Å². The second-order valence-electron chi connectivity index (χ2n) is 4.87. The van der Waals surface area contributed by atoms with Crippen molar-refractivity contribution in [2.75, 3.05) is 5.32 Å². The van der Waals surface area contributed by atoms with Crippen LogP contribution in [0.3, 0.4) is 0 Å². The molecule has 0 saturated heterocycles. The average Bonchev–Trinajstić information content (AvgIpc) is 2.56. The molecule has 24 heavy (non-hydrogen) atoms. The molecule has 0 aliphatic carbocycles. The molecule has 0 bridgehead atoms. The topological polar surface area (TPSA) is 95.9 Å². The lowest BCUT2D eigenvalue weighted by molar-refractivity contribution is 0.464. The van der Waals surface area contributed by atoms with Gasteiger partial charge in [0, 0.05) is 5.69 Å². The third-order valence-corrected chi connectivity index (χ3v) is 3.77. The van der Waals surface area contributed by atoms with E-state index in [0.717, 1.165) is 0 Å². The van der Waals surface area contributed by atoms with Gasteiger partial charge in [-0.1, -0.05) is 23.2 Å². The van der Waals surface area contributed by atoms with Crippen LogP contribution >= 0.6 is 23.2 Å². The summed E-state index contributed by atoms with van der Waals surface area (Å²) in [6.45, 7) is 0. The molecule has 0 aliphatic heterocycles. The van der Waals surface area contributed by atoms with Crippen molar-refractivity contribution in [1.82, 2.24) is 0 Å². The van der Waals surface area contributed by atoms with E-state index in [9.17, 15) is 19.8 Å². The van der Waals surface area contributed by atoms with Gasteiger partial charge in [-0.25, -0.2) is 0 Å². The molecule has 0 amide bonds.